The molecule has 0 spiro atoms. The number of hydrogen-bond acceptors (Lipinski definition) is 3. The average Bonchev–Trinajstić information content (AvgIpc) is 2.00. The van der Waals surface area contributed by atoms with E-state index in [1.165, 1.54) is 12.8 Å². The van der Waals surface area contributed by atoms with Gasteiger partial charge in [0.15, 0.2) is 0 Å². The van der Waals surface area contributed by atoms with Crippen molar-refractivity contribution in [3.05, 3.63) is 0 Å². The van der Waals surface area contributed by atoms with Crippen molar-refractivity contribution in [2.24, 2.45) is 5.73 Å². The fourth-order valence-electron chi connectivity index (χ4n) is 0.896. The van der Waals surface area contributed by atoms with Crippen molar-refractivity contribution in [2.75, 3.05) is 20.1 Å². The summed E-state index contributed by atoms with van der Waals surface area (Å²) in [6.45, 7) is 3.86. The monoisotopic (exact) mass is 155 g/mol. The molecule has 0 bridgehead atoms. The molecule has 0 radical (unpaired) electrons. The second-order valence-corrected chi connectivity index (χ2v) is 2.85. The maximum atomic E-state index is 8.41. The van der Waals surface area contributed by atoms with Crippen LogP contribution in [-0.4, -0.2) is 31.1 Å². The van der Waals surface area contributed by atoms with E-state index in [-0.39, 0.29) is 6.04 Å². The Morgan fingerprint density at radius 1 is 1.64 bits per heavy atom. The summed E-state index contributed by atoms with van der Waals surface area (Å²) in [5.41, 5.74) is 5.44. The average molecular weight is 155 g/mol. The molecule has 0 rings (SSSR count). The summed E-state index contributed by atoms with van der Waals surface area (Å²) in [6, 6.07) is 1.67. The van der Waals surface area contributed by atoms with Crippen molar-refractivity contribution in [3.8, 4) is 6.07 Å². The van der Waals surface area contributed by atoms with Crippen molar-refractivity contribution in [2.45, 2.75) is 25.8 Å². The van der Waals surface area contributed by atoms with Crippen LogP contribution in [0.5, 0.6) is 0 Å². The van der Waals surface area contributed by atoms with Gasteiger partial charge in [-0.05, 0) is 20.0 Å². The zero-order valence-electron chi connectivity index (χ0n) is 7.38. The number of nitrogens with zero attached hydrogens (tertiary/aromatic N) is 2. The predicted molar refractivity (Wildman–Crippen MR) is 46.0 cm³/mol. The number of nitrogens with two attached hydrogens (primary N) is 1. The molecule has 1 unspecified atom stereocenters. The number of nitriles is 1. The van der Waals surface area contributed by atoms with Crippen LogP contribution >= 0.6 is 0 Å². The molecule has 11 heavy (non-hydrogen) atoms. The Bertz CT molecular complexity index is 128. The van der Waals surface area contributed by atoms with E-state index in [9.17, 15) is 0 Å². The molecule has 0 fully saturated rings. The van der Waals surface area contributed by atoms with Crippen LogP contribution in [0.4, 0.5) is 0 Å². The first-order chi connectivity index (χ1) is 5.20. The lowest BCUT2D eigenvalue weighted by atomic mass is 10.3. The third-order valence-corrected chi connectivity index (χ3v) is 1.57. The van der Waals surface area contributed by atoms with Gasteiger partial charge in [-0.15, -0.1) is 0 Å². The summed E-state index contributed by atoms with van der Waals surface area (Å²) in [6.07, 6.45) is 2.36. The first-order valence-corrected chi connectivity index (χ1v) is 4.04. The van der Waals surface area contributed by atoms with Gasteiger partial charge in [0, 0.05) is 6.54 Å². The van der Waals surface area contributed by atoms with Gasteiger partial charge >= 0.3 is 0 Å². The van der Waals surface area contributed by atoms with Crippen LogP contribution < -0.4 is 5.73 Å². The maximum absolute atomic E-state index is 8.41. The largest absolute Gasteiger partial charge is 0.315 e. The fraction of sp³-hybridized carbons (Fsp3) is 0.875. The Kier molecular flexibility index (Phi) is 5.81. The lowest BCUT2D eigenvalue weighted by Gasteiger charge is -2.16. The molecule has 2 N–H and O–H groups in total. The molecule has 0 amide bonds. The van der Waals surface area contributed by atoms with E-state index >= 15 is 0 Å². The highest BCUT2D eigenvalue weighted by Crippen LogP contribution is 1.91. The maximum Gasteiger partial charge on any atom is 0.106 e. The van der Waals surface area contributed by atoms with Crippen LogP contribution in [-0.2, 0) is 0 Å². The quantitative estimate of drug-likeness (QED) is 0.631. The van der Waals surface area contributed by atoms with Gasteiger partial charge in [0.1, 0.15) is 6.04 Å². The molecule has 3 heteroatoms. The van der Waals surface area contributed by atoms with Gasteiger partial charge in [0.25, 0.3) is 0 Å². The van der Waals surface area contributed by atoms with Crippen LogP contribution in [0.1, 0.15) is 19.8 Å². The molecule has 3 nitrogen and oxygen atoms in total. The fourth-order valence-corrected chi connectivity index (χ4v) is 0.896. The van der Waals surface area contributed by atoms with Crippen LogP contribution in [0.15, 0.2) is 0 Å². The van der Waals surface area contributed by atoms with Crippen LogP contribution in [0, 0.1) is 11.3 Å². The summed E-state index contributed by atoms with van der Waals surface area (Å²) in [7, 11) is 1.99. The van der Waals surface area contributed by atoms with E-state index in [1.54, 1.807) is 0 Å². The predicted octanol–water partition coefficient (Wildman–Crippen LogP) is 0.569. The minimum absolute atomic E-state index is 0.336. The molecular formula is C8H17N3. The van der Waals surface area contributed by atoms with Gasteiger partial charge < -0.3 is 10.6 Å². The molecule has 0 aromatic heterocycles. The Balaban J connectivity index is 3.37. The van der Waals surface area contributed by atoms with Gasteiger partial charge in [-0.3, -0.25) is 0 Å². The first-order valence-electron chi connectivity index (χ1n) is 4.04. The summed E-state index contributed by atoms with van der Waals surface area (Å²) >= 11 is 0. The Morgan fingerprint density at radius 3 is 2.73 bits per heavy atom. The molecular weight excluding hydrogens is 138 g/mol. The minimum atomic E-state index is -0.336. The van der Waals surface area contributed by atoms with Crippen molar-refractivity contribution >= 4 is 0 Å². The second-order valence-electron chi connectivity index (χ2n) is 2.85. The van der Waals surface area contributed by atoms with E-state index in [0.29, 0.717) is 6.54 Å². The highest BCUT2D eigenvalue weighted by molar-refractivity contribution is 4.88. The van der Waals surface area contributed by atoms with Crippen molar-refractivity contribution in [1.29, 1.82) is 5.26 Å². The van der Waals surface area contributed by atoms with Gasteiger partial charge in [0.05, 0.1) is 6.07 Å². The number of unbranched alkanes of at least 4 members (excludes halogenated alkanes) is 1. The molecule has 0 saturated heterocycles. The normalized spacial score (nSPS) is 13.0. The van der Waals surface area contributed by atoms with Gasteiger partial charge in [-0.25, -0.2) is 0 Å². The van der Waals surface area contributed by atoms with E-state index in [2.05, 4.69) is 11.8 Å². The van der Waals surface area contributed by atoms with E-state index in [4.69, 9.17) is 11.0 Å². The third-order valence-electron chi connectivity index (χ3n) is 1.57. The molecule has 0 aliphatic rings. The van der Waals surface area contributed by atoms with Crippen LogP contribution in [0.25, 0.3) is 0 Å². The number of likely N-dealkylation sites (N-methyl/N-ethyl adjacent to an activating group) is 1. The van der Waals surface area contributed by atoms with E-state index in [0.717, 1.165) is 6.54 Å². The summed E-state index contributed by atoms with van der Waals surface area (Å²) in [5.74, 6) is 0. The van der Waals surface area contributed by atoms with E-state index < -0.39 is 0 Å². The molecule has 0 aromatic rings. The number of hydrogen-bond donors (Lipinski definition) is 1. The topological polar surface area (TPSA) is 53.0 Å². The highest BCUT2D eigenvalue weighted by Gasteiger charge is 2.03. The third kappa shape index (κ3) is 5.84. The molecule has 0 aromatic carbocycles. The Morgan fingerprint density at radius 2 is 2.27 bits per heavy atom. The molecule has 0 aliphatic heterocycles. The molecule has 0 aliphatic carbocycles. The molecule has 0 heterocycles. The van der Waals surface area contributed by atoms with Crippen molar-refractivity contribution in [3.63, 3.8) is 0 Å². The van der Waals surface area contributed by atoms with E-state index in [1.807, 2.05) is 13.1 Å². The second kappa shape index (κ2) is 6.14. The van der Waals surface area contributed by atoms with Crippen molar-refractivity contribution in [1.82, 2.24) is 4.90 Å². The van der Waals surface area contributed by atoms with Gasteiger partial charge in [0.2, 0.25) is 0 Å². The summed E-state index contributed by atoms with van der Waals surface area (Å²) in [4.78, 5) is 2.09. The van der Waals surface area contributed by atoms with Crippen LogP contribution in [0.2, 0.25) is 0 Å². The molecule has 1 atom stereocenters. The van der Waals surface area contributed by atoms with Gasteiger partial charge in [-0.2, -0.15) is 5.26 Å². The van der Waals surface area contributed by atoms with Crippen LogP contribution in [0.3, 0.4) is 0 Å². The molecule has 64 valence electrons. The summed E-state index contributed by atoms with van der Waals surface area (Å²) in [5, 5.41) is 8.41. The standard InChI is InChI=1S/C8H17N3/c1-3-4-5-11(2)7-8(10)6-9/h8H,3-5,7,10H2,1-2H3. The lowest BCUT2D eigenvalue weighted by molar-refractivity contribution is 0.322. The Labute approximate surface area is 68.8 Å². The smallest absolute Gasteiger partial charge is 0.106 e. The highest BCUT2D eigenvalue weighted by atomic mass is 15.1. The molecule has 0 saturated carbocycles. The lowest BCUT2D eigenvalue weighted by Crippen LogP contribution is -2.34. The Hall–Kier alpha value is -0.590. The SMILES string of the molecule is CCCCN(C)CC(N)C#N. The zero-order valence-corrected chi connectivity index (χ0v) is 7.38. The van der Waals surface area contributed by atoms with Crippen molar-refractivity contribution < 1.29 is 0 Å². The zero-order chi connectivity index (χ0) is 8.69. The number of rotatable bonds is 5. The first kappa shape index (κ1) is 10.4. The van der Waals surface area contributed by atoms with Gasteiger partial charge in [-0.1, -0.05) is 13.3 Å². The summed E-state index contributed by atoms with van der Waals surface area (Å²) < 4.78 is 0. The minimum Gasteiger partial charge on any atom is -0.315 e.